The average molecular weight is 551 g/mol. The molecule has 2 aromatic heterocycles. The molecule has 0 unspecified atom stereocenters. The van der Waals surface area contributed by atoms with E-state index in [0.29, 0.717) is 22.7 Å². The Morgan fingerprint density at radius 1 is 1.24 bits per heavy atom. The highest BCUT2D eigenvalue weighted by atomic mass is 32.2. The number of aromatic nitrogens is 2. The first-order valence-electron chi connectivity index (χ1n) is 11.5. The molecular weight excluding hydrogens is 524 g/mol. The summed E-state index contributed by atoms with van der Waals surface area (Å²) in [6.07, 6.45) is 1.46. The number of amides is 1. The fourth-order valence-electron chi connectivity index (χ4n) is 4.15. The number of pyridine rings is 1. The molecule has 1 aliphatic rings. The number of hydrogen-bond donors (Lipinski definition) is 3. The number of ether oxygens (including phenoxy) is 1. The van der Waals surface area contributed by atoms with Gasteiger partial charge in [-0.25, -0.2) is 9.37 Å². The van der Waals surface area contributed by atoms with Crippen LogP contribution in [0.2, 0.25) is 0 Å². The Hall–Kier alpha value is -3.63. The molecule has 0 spiro atoms. The van der Waals surface area contributed by atoms with Gasteiger partial charge in [0.25, 0.3) is 5.91 Å². The number of anilines is 2. The fraction of sp³-hybridized carbons (Fsp3) is 0.360. The number of fused-ring (bicyclic) bond motifs is 1. The summed E-state index contributed by atoms with van der Waals surface area (Å²) < 4.78 is 61.4. The van der Waals surface area contributed by atoms with Gasteiger partial charge in [-0.05, 0) is 43.3 Å². The Kier molecular flexibility index (Phi) is 7.94. The lowest BCUT2D eigenvalue weighted by Crippen LogP contribution is -2.60. The predicted molar refractivity (Wildman–Crippen MR) is 139 cm³/mol. The van der Waals surface area contributed by atoms with Crippen molar-refractivity contribution in [2.24, 2.45) is 0 Å². The predicted octanol–water partition coefficient (Wildman–Crippen LogP) is 3.84. The minimum Gasteiger partial charge on any atom is -0.495 e. The molecule has 0 saturated carbocycles. The molecule has 3 heterocycles. The average Bonchev–Trinajstić information content (AvgIpc) is 3.20. The van der Waals surface area contributed by atoms with Crippen molar-refractivity contribution in [1.29, 1.82) is 0 Å². The Morgan fingerprint density at radius 3 is 2.66 bits per heavy atom. The Bertz CT molecular complexity index is 1390. The monoisotopic (exact) mass is 550 g/mol. The van der Waals surface area contributed by atoms with Crippen LogP contribution in [0.15, 0.2) is 41.6 Å². The molecular formula is C25H26F4N6O2S. The standard InChI is InChI=1S/C25H26F4N6O2S/c1-30-22(36)16-8-9-17(20(12-16)37-3)31-10-4-6-19-23(38-25(27,28)29)35-11-5-7-18(21(35)33-19)32-13-24(26)14-34(2)15-24/h5,7-9,11-12,31-32H,10,13-15H2,1-3H3,(H,30,36). The largest absolute Gasteiger partial charge is 0.495 e. The van der Waals surface area contributed by atoms with Crippen molar-refractivity contribution in [3.63, 3.8) is 0 Å². The number of nitrogens with one attached hydrogen (secondary N) is 3. The van der Waals surface area contributed by atoms with Crippen LogP contribution in [0.5, 0.6) is 5.75 Å². The molecule has 3 aromatic rings. The minimum atomic E-state index is -4.56. The molecule has 13 heteroatoms. The number of halogens is 4. The second-order valence-corrected chi connectivity index (χ2v) is 9.81. The fourth-order valence-corrected chi connectivity index (χ4v) is 4.81. The lowest BCUT2D eigenvalue weighted by Gasteiger charge is -2.42. The minimum absolute atomic E-state index is 0.0110. The number of likely N-dealkylation sites (tertiary alicyclic amines) is 1. The topological polar surface area (TPSA) is 82.9 Å². The molecule has 38 heavy (non-hydrogen) atoms. The highest BCUT2D eigenvalue weighted by Gasteiger charge is 2.41. The van der Waals surface area contributed by atoms with Crippen molar-refractivity contribution >= 4 is 34.7 Å². The molecule has 1 aromatic carbocycles. The maximum Gasteiger partial charge on any atom is 0.447 e. The highest BCUT2D eigenvalue weighted by Crippen LogP contribution is 2.39. The number of methoxy groups -OCH3 is 1. The summed E-state index contributed by atoms with van der Waals surface area (Å²) in [7, 11) is 4.78. The third-order valence-electron chi connectivity index (χ3n) is 5.79. The Balaban J connectivity index is 1.57. The Labute approximate surface area is 221 Å². The van der Waals surface area contributed by atoms with E-state index in [2.05, 4.69) is 32.8 Å². The van der Waals surface area contributed by atoms with Crippen LogP contribution in [0.1, 0.15) is 16.1 Å². The molecule has 8 nitrogen and oxygen atoms in total. The number of nitrogens with zero attached hydrogens (tertiary/aromatic N) is 3. The zero-order chi connectivity index (χ0) is 27.5. The number of alkyl halides is 4. The van der Waals surface area contributed by atoms with E-state index in [1.807, 2.05) is 11.9 Å². The smallest absolute Gasteiger partial charge is 0.447 e. The third kappa shape index (κ3) is 6.25. The molecule has 3 N–H and O–H groups in total. The lowest BCUT2D eigenvalue weighted by atomic mass is 9.97. The van der Waals surface area contributed by atoms with E-state index in [4.69, 9.17) is 4.74 Å². The van der Waals surface area contributed by atoms with E-state index in [1.54, 1.807) is 30.3 Å². The van der Waals surface area contributed by atoms with Gasteiger partial charge in [0.2, 0.25) is 0 Å². The van der Waals surface area contributed by atoms with Crippen LogP contribution in [0.25, 0.3) is 5.65 Å². The van der Waals surface area contributed by atoms with Crippen LogP contribution in [0, 0.1) is 11.8 Å². The van der Waals surface area contributed by atoms with Crippen molar-refractivity contribution in [3.05, 3.63) is 47.8 Å². The molecule has 1 amide bonds. The second-order valence-electron chi connectivity index (χ2n) is 8.76. The van der Waals surface area contributed by atoms with E-state index in [-0.39, 0.29) is 60.2 Å². The quantitative estimate of drug-likeness (QED) is 0.223. The van der Waals surface area contributed by atoms with Crippen molar-refractivity contribution < 1.29 is 27.1 Å². The number of imidazole rings is 1. The van der Waals surface area contributed by atoms with E-state index < -0.39 is 11.2 Å². The molecule has 0 aliphatic carbocycles. The van der Waals surface area contributed by atoms with Crippen LogP contribution in [-0.2, 0) is 0 Å². The van der Waals surface area contributed by atoms with E-state index in [0.717, 1.165) is 0 Å². The van der Waals surface area contributed by atoms with Crippen molar-refractivity contribution in [2.45, 2.75) is 16.2 Å². The first-order chi connectivity index (χ1) is 18.0. The third-order valence-corrected chi connectivity index (χ3v) is 6.60. The highest BCUT2D eigenvalue weighted by molar-refractivity contribution is 8.00. The van der Waals surface area contributed by atoms with E-state index in [1.165, 1.54) is 24.8 Å². The normalized spacial score (nSPS) is 14.8. The molecule has 0 radical (unpaired) electrons. The summed E-state index contributed by atoms with van der Waals surface area (Å²) in [4.78, 5) is 18.0. The summed E-state index contributed by atoms with van der Waals surface area (Å²) >= 11 is -0.310. The van der Waals surface area contributed by atoms with Gasteiger partial charge in [0.05, 0.1) is 31.6 Å². The summed E-state index contributed by atoms with van der Waals surface area (Å²) in [5.74, 6) is 5.66. The number of carbonyl (C=O) groups is 1. The number of rotatable bonds is 8. The van der Waals surface area contributed by atoms with Crippen LogP contribution in [-0.4, -0.2) is 78.8 Å². The summed E-state index contributed by atoms with van der Waals surface area (Å²) in [5, 5.41) is 8.37. The maximum atomic E-state index is 14.7. The number of thioether (sulfide) groups is 1. The van der Waals surface area contributed by atoms with Gasteiger partial charge in [-0.15, -0.1) is 0 Å². The lowest BCUT2D eigenvalue weighted by molar-refractivity contribution is -0.0330. The van der Waals surface area contributed by atoms with E-state index in [9.17, 15) is 22.4 Å². The maximum absolute atomic E-state index is 14.7. The zero-order valence-electron chi connectivity index (χ0n) is 20.9. The van der Waals surface area contributed by atoms with Gasteiger partial charge in [0.15, 0.2) is 11.3 Å². The van der Waals surface area contributed by atoms with Crippen LogP contribution < -0.4 is 20.7 Å². The van der Waals surface area contributed by atoms with Gasteiger partial charge in [-0.2, -0.15) is 13.2 Å². The Morgan fingerprint density at radius 2 is 2.00 bits per heavy atom. The van der Waals surface area contributed by atoms with Gasteiger partial charge in [0.1, 0.15) is 16.5 Å². The first-order valence-corrected chi connectivity index (χ1v) is 12.3. The first kappa shape index (κ1) is 27.4. The van der Waals surface area contributed by atoms with Crippen molar-refractivity contribution in [3.8, 4) is 17.6 Å². The van der Waals surface area contributed by atoms with Gasteiger partial charge in [-0.3, -0.25) is 14.1 Å². The van der Waals surface area contributed by atoms with Crippen LogP contribution >= 0.6 is 11.8 Å². The number of carbonyl (C=O) groups excluding carboxylic acids is 1. The molecule has 1 fully saturated rings. The van der Waals surface area contributed by atoms with Gasteiger partial charge in [0, 0.05) is 43.7 Å². The van der Waals surface area contributed by atoms with Crippen molar-refractivity contribution in [2.75, 3.05) is 58.0 Å². The number of benzene rings is 1. The molecule has 1 saturated heterocycles. The number of hydrogen-bond acceptors (Lipinski definition) is 7. The SMILES string of the molecule is CNC(=O)c1ccc(NCC#Cc2nc3c(NCC4(F)CN(C)C4)cccn3c2SC(F)(F)F)c(OC)c1. The molecule has 4 rings (SSSR count). The summed E-state index contributed by atoms with van der Waals surface area (Å²) in [5.41, 5.74) is -4.42. The van der Waals surface area contributed by atoms with Crippen LogP contribution in [0.4, 0.5) is 28.9 Å². The van der Waals surface area contributed by atoms with Crippen LogP contribution in [0.3, 0.4) is 0 Å². The van der Waals surface area contributed by atoms with Gasteiger partial charge < -0.3 is 20.7 Å². The zero-order valence-corrected chi connectivity index (χ0v) is 21.7. The van der Waals surface area contributed by atoms with Gasteiger partial charge in [-0.1, -0.05) is 5.92 Å². The summed E-state index contributed by atoms with van der Waals surface area (Å²) in [6, 6.07) is 8.03. The van der Waals surface area contributed by atoms with E-state index >= 15 is 0 Å². The summed E-state index contributed by atoms with van der Waals surface area (Å²) in [6.45, 7) is 0.630. The molecule has 1 aliphatic heterocycles. The second kappa shape index (κ2) is 11.0. The van der Waals surface area contributed by atoms with Crippen molar-refractivity contribution in [1.82, 2.24) is 19.6 Å². The van der Waals surface area contributed by atoms with Gasteiger partial charge >= 0.3 is 5.51 Å². The molecule has 0 atom stereocenters. The molecule has 202 valence electrons. The molecule has 0 bridgehead atoms.